The molecule has 15 heavy (non-hydrogen) atoms. The molecule has 2 atom stereocenters. The molecule has 1 aliphatic rings. The molecule has 1 saturated heterocycles. The van der Waals surface area contributed by atoms with Crippen LogP contribution in [0, 0.1) is 5.92 Å². The Hall–Kier alpha value is 0.0500. The van der Waals surface area contributed by atoms with Crippen molar-refractivity contribution in [3.63, 3.8) is 0 Å². The summed E-state index contributed by atoms with van der Waals surface area (Å²) in [5.41, 5.74) is 1.17. The van der Waals surface area contributed by atoms with Crippen LogP contribution in [0.15, 0.2) is 12.2 Å². The van der Waals surface area contributed by atoms with Crippen LogP contribution in [0.3, 0.4) is 0 Å². The zero-order valence-corrected chi connectivity index (χ0v) is 11.9. The van der Waals surface area contributed by atoms with Crippen LogP contribution in [0.4, 0.5) is 0 Å². The zero-order valence-electron chi connectivity index (χ0n) is 11.0. The highest BCUT2D eigenvalue weighted by Crippen LogP contribution is 2.34. The summed E-state index contributed by atoms with van der Waals surface area (Å²) < 4.78 is 2.44. The third-order valence-electron chi connectivity index (χ3n) is 2.58. The summed E-state index contributed by atoms with van der Waals surface area (Å²) in [6.07, 6.45) is 4.07. The molecule has 1 heterocycles. The molecule has 0 aromatic rings. The molecule has 1 nitrogen and oxygen atoms in total. The van der Waals surface area contributed by atoms with Gasteiger partial charge in [0.2, 0.25) is 0 Å². The van der Waals surface area contributed by atoms with E-state index in [2.05, 4.69) is 31.8 Å². The molecule has 1 rings (SSSR count). The van der Waals surface area contributed by atoms with Crippen molar-refractivity contribution in [1.82, 2.24) is 4.31 Å². The normalized spacial score (nSPS) is 25.9. The van der Waals surface area contributed by atoms with E-state index >= 15 is 0 Å². The molecule has 1 aliphatic heterocycles. The first-order chi connectivity index (χ1) is 7.02. The van der Waals surface area contributed by atoms with Crippen molar-refractivity contribution in [2.24, 2.45) is 5.92 Å². The topological polar surface area (TPSA) is 3.24 Å². The Labute approximate surface area is 100 Å². The Kier molecular flexibility index (Phi) is 8.26. The first-order valence-electron chi connectivity index (χ1n) is 6.00. The van der Waals surface area contributed by atoms with Gasteiger partial charge in [-0.1, -0.05) is 37.8 Å². The minimum atomic E-state index is 0.847. The predicted molar refractivity (Wildman–Crippen MR) is 73.2 cm³/mol. The zero-order chi connectivity index (χ0) is 11.8. The summed E-state index contributed by atoms with van der Waals surface area (Å²) >= 11 is 2.01. The molecule has 2 heteroatoms. The molecule has 0 saturated carbocycles. The van der Waals surface area contributed by atoms with E-state index in [1.54, 1.807) is 0 Å². The standard InChI is InChI=1S/C9H19NS.C4H8/c1-4-6-8-7-11-10(3)9(8)5-2;1-4(2)3/h8-9H,4-7H2,1-3H3;1H2,2-3H3. The molecule has 0 spiro atoms. The van der Waals surface area contributed by atoms with Crippen LogP contribution >= 0.6 is 11.9 Å². The van der Waals surface area contributed by atoms with E-state index in [0.29, 0.717) is 0 Å². The Morgan fingerprint density at radius 3 is 2.33 bits per heavy atom. The smallest absolute Gasteiger partial charge is 0.0233 e. The fraction of sp³-hybridized carbons (Fsp3) is 0.846. The van der Waals surface area contributed by atoms with Gasteiger partial charge in [0.1, 0.15) is 0 Å². The molecule has 90 valence electrons. The van der Waals surface area contributed by atoms with Gasteiger partial charge in [-0.2, -0.15) is 0 Å². The predicted octanol–water partition coefficient (Wildman–Crippen LogP) is 4.36. The van der Waals surface area contributed by atoms with Crippen LogP contribution < -0.4 is 0 Å². The monoisotopic (exact) mass is 229 g/mol. The van der Waals surface area contributed by atoms with E-state index in [1.807, 2.05) is 25.8 Å². The van der Waals surface area contributed by atoms with Gasteiger partial charge in [-0.15, -0.1) is 6.58 Å². The van der Waals surface area contributed by atoms with E-state index in [9.17, 15) is 0 Å². The molecule has 0 aromatic heterocycles. The second-order valence-electron chi connectivity index (χ2n) is 4.57. The molecule has 2 unspecified atom stereocenters. The van der Waals surface area contributed by atoms with Crippen molar-refractivity contribution in [2.75, 3.05) is 12.8 Å². The highest BCUT2D eigenvalue weighted by Gasteiger charge is 2.29. The van der Waals surface area contributed by atoms with Crippen molar-refractivity contribution in [3.8, 4) is 0 Å². The lowest BCUT2D eigenvalue weighted by Gasteiger charge is -2.21. The summed E-state index contributed by atoms with van der Waals surface area (Å²) in [5, 5.41) is 0. The number of allylic oxidation sites excluding steroid dienone is 1. The molecular weight excluding hydrogens is 202 g/mol. The van der Waals surface area contributed by atoms with E-state index in [4.69, 9.17) is 0 Å². The summed E-state index contributed by atoms with van der Waals surface area (Å²) in [7, 11) is 2.23. The minimum absolute atomic E-state index is 0.847. The van der Waals surface area contributed by atoms with Gasteiger partial charge in [0.15, 0.2) is 0 Å². The van der Waals surface area contributed by atoms with Crippen molar-refractivity contribution in [1.29, 1.82) is 0 Å². The van der Waals surface area contributed by atoms with Gasteiger partial charge in [0.05, 0.1) is 0 Å². The minimum Gasteiger partial charge on any atom is -0.250 e. The third-order valence-corrected chi connectivity index (χ3v) is 3.84. The van der Waals surface area contributed by atoms with Gasteiger partial charge in [0.25, 0.3) is 0 Å². The molecule has 0 radical (unpaired) electrons. The lowest BCUT2D eigenvalue weighted by molar-refractivity contribution is 0.309. The van der Waals surface area contributed by atoms with Crippen LogP contribution in [0.25, 0.3) is 0 Å². The van der Waals surface area contributed by atoms with Crippen LogP contribution in [0.1, 0.15) is 47.0 Å². The Bertz CT molecular complexity index is 173. The molecule has 0 N–H and O–H groups in total. The Morgan fingerprint density at radius 1 is 1.40 bits per heavy atom. The highest BCUT2D eigenvalue weighted by molar-refractivity contribution is 7.97. The van der Waals surface area contributed by atoms with Crippen molar-refractivity contribution < 1.29 is 0 Å². The fourth-order valence-corrected chi connectivity index (χ4v) is 3.28. The quantitative estimate of drug-likeness (QED) is 0.522. The van der Waals surface area contributed by atoms with Gasteiger partial charge >= 0.3 is 0 Å². The third kappa shape index (κ3) is 6.26. The van der Waals surface area contributed by atoms with E-state index in [-0.39, 0.29) is 0 Å². The molecule has 0 aromatic carbocycles. The van der Waals surface area contributed by atoms with Gasteiger partial charge in [0, 0.05) is 11.8 Å². The number of nitrogens with zero attached hydrogens (tertiary/aromatic N) is 1. The number of rotatable bonds is 3. The maximum atomic E-state index is 3.56. The summed E-state index contributed by atoms with van der Waals surface area (Å²) in [6, 6.07) is 0.847. The van der Waals surface area contributed by atoms with E-state index in [0.717, 1.165) is 12.0 Å². The van der Waals surface area contributed by atoms with E-state index in [1.165, 1.54) is 30.6 Å². The van der Waals surface area contributed by atoms with Crippen LogP contribution in [0.2, 0.25) is 0 Å². The van der Waals surface area contributed by atoms with Crippen LogP contribution in [0.5, 0.6) is 0 Å². The van der Waals surface area contributed by atoms with Crippen molar-refractivity contribution in [2.45, 2.75) is 53.0 Å². The van der Waals surface area contributed by atoms with Crippen molar-refractivity contribution in [3.05, 3.63) is 12.2 Å². The Morgan fingerprint density at radius 2 is 1.93 bits per heavy atom. The van der Waals surface area contributed by atoms with Gasteiger partial charge in [-0.05, 0) is 39.7 Å². The SMILES string of the molecule is C=C(C)C.CCCC1CSN(C)C1CC. The molecule has 1 fully saturated rings. The van der Waals surface area contributed by atoms with Gasteiger partial charge in [-0.3, -0.25) is 4.31 Å². The lowest BCUT2D eigenvalue weighted by Crippen LogP contribution is -2.26. The largest absolute Gasteiger partial charge is 0.250 e. The second-order valence-corrected chi connectivity index (χ2v) is 5.74. The average molecular weight is 229 g/mol. The maximum Gasteiger partial charge on any atom is 0.0233 e. The molecule has 0 aliphatic carbocycles. The first kappa shape index (κ1) is 15.0. The first-order valence-corrected chi connectivity index (χ1v) is 6.95. The average Bonchev–Trinajstić information content (AvgIpc) is 2.46. The second kappa shape index (κ2) is 8.23. The molecular formula is C13H27NS. The molecule has 0 amide bonds. The fourth-order valence-electron chi connectivity index (χ4n) is 1.95. The van der Waals surface area contributed by atoms with Gasteiger partial charge < -0.3 is 0 Å². The number of hydrogen-bond donors (Lipinski definition) is 0. The lowest BCUT2D eigenvalue weighted by atomic mass is 9.95. The number of hydrogen-bond acceptors (Lipinski definition) is 2. The van der Waals surface area contributed by atoms with Crippen LogP contribution in [-0.4, -0.2) is 23.1 Å². The van der Waals surface area contributed by atoms with Crippen molar-refractivity contribution >= 4 is 11.9 Å². The summed E-state index contributed by atoms with van der Waals surface area (Å²) in [5.74, 6) is 2.31. The van der Waals surface area contributed by atoms with Gasteiger partial charge in [-0.25, -0.2) is 0 Å². The van der Waals surface area contributed by atoms with E-state index < -0.39 is 0 Å². The molecule has 0 bridgehead atoms. The van der Waals surface area contributed by atoms with Crippen LogP contribution in [-0.2, 0) is 0 Å². The highest BCUT2D eigenvalue weighted by atomic mass is 32.2. The Balaban J connectivity index is 0.000000423. The summed E-state index contributed by atoms with van der Waals surface area (Å²) in [4.78, 5) is 0. The summed E-state index contributed by atoms with van der Waals surface area (Å²) in [6.45, 7) is 12.1. The maximum absolute atomic E-state index is 3.56.